The fourth-order valence-corrected chi connectivity index (χ4v) is 2.20. The van der Waals surface area contributed by atoms with Gasteiger partial charge in [0, 0.05) is 6.04 Å². The van der Waals surface area contributed by atoms with Crippen molar-refractivity contribution in [2.45, 2.75) is 38.1 Å². The topological polar surface area (TPSA) is 103 Å². The normalized spacial score (nSPS) is 17.4. The molecule has 0 radical (unpaired) electrons. The van der Waals surface area contributed by atoms with Gasteiger partial charge in [-0.15, -0.1) is 0 Å². The van der Waals surface area contributed by atoms with Crippen molar-refractivity contribution in [2.75, 3.05) is 11.1 Å². The monoisotopic (exact) mass is 234 g/mol. The van der Waals surface area contributed by atoms with Gasteiger partial charge >= 0.3 is 0 Å². The van der Waals surface area contributed by atoms with Crippen LogP contribution in [0.5, 0.6) is 0 Å². The van der Waals surface area contributed by atoms with Gasteiger partial charge in [0.15, 0.2) is 11.6 Å². The second-order valence-corrected chi connectivity index (χ2v) is 4.35. The number of nitrogens with one attached hydrogen (secondary N) is 1. The number of nitrogens with two attached hydrogens (primary N) is 1. The lowest BCUT2D eigenvalue weighted by atomic mass is 9.95. The number of fused-ring (bicyclic) bond motifs is 1. The van der Waals surface area contributed by atoms with Crippen LogP contribution in [0, 0.1) is 0 Å². The number of nitrogens with zero attached hydrogens (tertiary/aromatic N) is 4. The summed E-state index contributed by atoms with van der Waals surface area (Å²) in [4.78, 5) is 8.35. The summed E-state index contributed by atoms with van der Waals surface area (Å²) < 4.78 is 4.56. The van der Waals surface area contributed by atoms with Crippen LogP contribution in [-0.4, -0.2) is 26.3 Å². The summed E-state index contributed by atoms with van der Waals surface area (Å²) in [6.45, 7) is 0. The van der Waals surface area contributed by atoms with Crippen LogP contribution >= 0.6 is 0 Å². The van der Waals surface area contributed by atoms with E-state index in [1.54, 1.807) is 0 Å². The summed E-state index contributed by atoms with van der Waals surface area (Å²) in [5, 5.41) is 10.6. The molecule has 1 aliphatic carbocycles. The van der Waals surface area contributed by atoms with E-state index in [1.165, 1.54) is 19.3 Å². The standard InChI is InChI=1S/C10H14N6O/c11-7-8(12-6-4-2-1-3-5-6)14-10-9(13-7)15-17-16-10/h6H,1-5H2,(H2,11,13,15)(H,12,14,16). The van der Waals surface area contributed by atoms with E-state index in [1.807, 2.05) is 0 Å². The van der Waals surface area contributed by atoms with Gasteiger partial charge in [-0.05, 0) is 23.2 Å². The Labute approximate surface area is 97.8 Å². The average Bonchev–Trinajstić information content (AvgIpc) is 2.78. The minimum atomic E-state index is 0.344. The zero-order valence-electron chi connectivity index (χ0n) is 9.39. The van der Waals surface area contributed by atoms with Crippen molar-refractivity contribution >= 4 is 22.9 Å². The molecular formula is C10H14N6O. The first-order chi connectivity index (χ1) is 8.33. The molecule has 3 N–H and O–H groups in total. The number of aromatic nitrogens is 4. The number of hydrogen-bond acceptors (Lipinski definition) is 7. The highest BCUT2D eigenvalue weighted by Gasteiger charge is 2.16. The summed E-state index contributed by atoms with van der Waals surface area (Å²) in [7, 11) is 0. The fraction of sp³-hybridized carbons (Fsp3) is 0.600. The highest BCUT2D eigenvalue weighted by Crippen LogP contribution is 2.23. The summed E-state index contributed by atoms with van der Waals surface area (Å²) in [5.41, 5.74) is 6.55. The lowest BCUT2D eigenvalue weighted by molar-refractivity contribution is 0.314. The first kappa shape index (κ1) is 10.2. The molecule has 2 aromatic heterocycles. The maximum absolute atomic E-state index is 5.82. The third-order valence-corrected chi connectivity index (χ3v) is 3.09. The molecule has 0 unspecified atom stereocenters. The van der Waals surface area contributed by atoms with E-state index >= 15 is 0 Å². The van der Waals surface area contributed by atoms with Crippen molar-refractivity contribution in [3.05, 3.63) is 0 Å². The second kappa shape index (κ2) is 4.15. The Bertz CT molecular complexity index is 518. The Hall–Kier alpha value is -1.92. The van der Waals surface area contributed by atoms with Gasteiger partial charge in [0.2, 0.25) is 11.3 Å². The molecule has 1 saturated carbocycles. The molecule has 90 valence electrons. The molecule has 0 atom stereocenters. The zero-order chi connectivity index (χ0) is 11.7. The summed E-state index contributed by atoms with van der Waals surface area (Å²) in [6.07, 6.45) is 6.11. The lowest BCUT2D eigenvalue weighted by Crippen LogP contribution is -2.23. The molecule has 0 bridgehead atoms. The zero-order valence-corrected chi connectivity index (χ0v) is 9.39. The van der Waals surface area contributed by atoms with Crippen LogP contribution in [0.1, 0.15) is 32.1 Å². The molecule has 17 heavy (non-hydrogen) atoms. The average molecular weight is 234 g/mol. The Morgan fingerprint density at radius 3 is 2.53 bits per heavy atom. The fourth-order valence-electron chi connectivity index (χ4n) is 2.20. The Kier molecular flexibility index (Phi) is 2.50. The lowest BCUT2D eigenvalue weighted by Gasteiger charge is -2.23. The van der Waals surface area contributed by atoms with Gasteiger partial charge in [-0.1, -0.05) is 19.3 Å². The maximum Gasteiger partial charge on any atom is 0.245 e. The van der Waals surface area contributed by atoms with Gasteiger partial charge in [-0.2, -0.15) is 0 Å². The van der Waals surface area contributed by atoms with Crippen molar-refractivity contribution < 1.29 is 4.63 Å². The molecule has 2 aromatic rings. The van der Waals surface area contributed by atoms with Gasteiger partial charge in [-0.25, -0.2) is 14.6 Å². The number of nitrogen functional groups attached to an aromatic ring is 1. The predicted octanol–water partition coefficient (Wildman–Crippen LogP) is 1.34. The smallest absolute Gasteiger partial charge is 0.245 e. The van der Waals surface area contributed by atoms with E-state index in [-0.39, 0.29) is 0 Å². The minimum absolute atomic E-state index is 0.344. The summed E-state index contributed by atoms with van der Waals surface area (Å²) in [5.74, 6) is 0.930. The highest BCUT2D eigenvalue weighted by molar-refractivity contribution is 5.72. The van der Waals surface area contributed by atoms with Crippen LogP contribution in [-0.2, 0) is 0 Å². The number of anilines is 2. The van der Waals surface area contributed by atoms with E-state index in [4.69, 9.17) is 5.73 Å². The van der Waals surface area contributed by atoms with Crippen molar-refractivity contribution in [1.29, 1.82) is 0 Å². The third kappa shape index (κ3) is 2.00. The largest absolute Gasteiger partial charge is 0.381 e. The molecule has 3 rings (SSSR count). The van der Waals surface area contributed by atoms with Crippen molar-refractivity contribution in [1.82, 2.24) is 20.3 Å². The first-order valence-corrected chi connectivity index (χ1v) is 5.85. The molecule has 7 nitrogen and oxygen atoms in total. The molecule has 0 aliphatic heterocycles. The van der Waals surface area contributed by atoms with Crippen molar-refractivity contribution in [3.8, 4) is 0 Å². The molecule has 0 saturated heterocycles. The van der Waals surface area contributed by atoms with Gasteiger partial charge < -0.3 is 11.1 Å². The summed E-state index contributed by atoms with van der Waals surface area (Å²) >= 11 is 0. The Balaban J connectivity index is 1.85. The van der Waals surface area contributed by atoms with Crippen LogP contribution in [0.3, 0.4) is 0 Å². The molecule has 2 heterocycles. The van der Waals surface area contributed by atoms with Crippen molar-refractivity contribution in [3.63, 3.8) is 0 Å². The molecular weight excluding hydrogens is 220 g/mol. The molecule has 7 heteroatoms. The second-order valence-electron chi connectivity index (χ2n) is 4.35. The molecule has 1 fully saturated rings. The van der Waals surface area contributed by atoms with E-state index in [0.29, 0.717) is 29.0 Å². The van der Waals surface area contributed by atoms with Gasteiger partial charge in [0.25, 0.3) is 0 Å². The van der Waals surface area contributed by atoms with Crippen LogP contribution in [0.15, 0.2) is 4.63 Å². The molecule has 0 aromatic carbocycles. The van der Waals surface area contributed by atoms with E-state index in [2.05, 4.69) is 30.2 Å². The number of rotatable bonds is 2. The molecule has 0 amide bonds. The first-order valence-electron chi connectivity index (χ1n) is 5.85. The summed E-state index contributed by atoms with van der Waals surface area (Å²) in [6, 6.07) is 0.428. The van der Waals surface area contributed by atoms with Crippen LogP contribution in [0.4, 0.5) is 11.6 Å². The van der Waals surface area contributed by atoms with Gasteiger partial charge in [0.05, 0.1) is 0 Å². The van der Waals surface area contributed by atoms with E-state index in [0.717, 1.165) is 12.8 Å². The minimum Gasteiger partial charge on any atom is -0.381 e. The molecule has 0 spiro atoms. The van der Waals surface area contributed by atoms with Crippen LogP contribution in [0.2, 0.25) is 0 Å². The maximum atomic E-state index is 5.82. The number of hydrogen-bond donors (Lipinski definition) is 2. The quantitative estimate of drug-likeness (QED) is 0.808. The van der Waals surface area contributed by atoms with Gasteiger partial charge in [-0.3, -0.25) is 0 Å². The predicted molar refractivity (Wildman–Crippen MR) is 62.3 cm³/mol. The van der Waals surface area contributed by atoms with Crippen LogP contribution in [0.25, 0.3) is 11.3 Å². The highest BCUT2D eigenvalue weighted by atomic mass is 16.6. The molecule has 1 aliphatic rings. The Morgan fingerprint density at radius 2 is 1.76 bits per heavy atom. The van der Waals surface area contributed by atoms with E-state index < -0.39 is 0 Å². The Morgan fingerprint density at radius 1 is 1.06 bits per heavy atom. The van der Waals surface area contributed by atoms with Crippen molar-refractivity contribution in [2.24, 2.45) is 0 Å². The van der Waals surface area contributed by atoms with Gasteiger partial charge in [0.1, 0.15) is 0 Å². The SMILES string of the molecule is Nc1nc2nonc2nc1NC1CCCCC1. The van der Waals surface area contributed by atoms with Crippen LogP contribution < -0.4 is 11.1 Å². The van der Waals surface area contributed by atoms with E-state index in [9.17, 15) is 0 Å². The third-order valence-electron chi connectivity index (χ3n) is 3.09.